The number of anilines is 1. The van der Waals surface area contributed by atoms with Crippen LogP contribution in [0.5, 0.6) is 0 Å². The second-order valence-corrected chi connectivity index (χ2v) is 5.85. The molecule has 3 aromatic rings. The molecule has 0 bridgehead atoms. The van der Waals surface area contributed by atoms with Gasteiger partial charge in [0, 0.05) is 26.7 Å². The van der Waals surface area contributed by atoms with E-state index in [1.807, 2.05) is 36.4 Å². The average molecular weight is 331 g/mol. The lowest BCUT2D eigenvalue weighted by Gasteiger charge is -2.01. The van der Waals surface area contributed by atoms with Crippen LogP contribution >= 0.6 is 27.3 Å². The number of halogens is 1. The maximum atomic E-state index is 5.90. The van der Waals surface area contributed by atoms with E-state index in [9.17, 15) is 0 Å². The molecule has 0 aliphatic carbocycles. The number of rotatable bonds is 2. The maximum absolute atomic E-state index is 5.90. The average Bonchev–Trinajstić information content (AvgIpc) is 2.93. The fourth-order valence-corrected chi connectivity index (χ4v) is 2.90. The standard InChI is InChI=1S/C15H11BrN2S/c16-12-7-6-11(8-13(12)17)14-9-19-15(18-14)10-4-2-1-3-5-10/h1-9H,17H2. The van der Waals surface area contributed by atoms with Gasteiger partial charge >= 0.3 is 0 Å². The second kappa shape index (κ2) is 5.15. The molecule has 1 aromatic heterocycles. The molecule has 0 aliphatic heterocycles. The molecule has 0 unspecified atom stereocenters. The van der Waals surface area contributed by atoms with E-state index in [1.54, 1.807) is 11.3 Å². The summed E-state index contributed by atoms with van der Waals surface area (Å²) in [5.74, 6) is 0. The fourth-order valence-electron chi connectivity index (χ4n) is 1.82. The third-order valence-corrected chi connectivity index (χ3v) is 4.43. The Labute approximate surface area is 124 Å². The van der Waals surface area contributed by atoms with Gasteiger partial charge in [-0.2, -0.15) is 0 Å². The predicted octanol–water partition coefficient (Wildman–Crippen LogP) is 4.82. The number of nitrogens with two attached hydrogens (primary N) is 1. The molecule has 19 heavy (non-hydrogen) atoms. The smallest absolute Gasteiger partial charge is 0.124 e. The van der Waals surface area contributed by atoms with Gasteiger partial charge in [0.05, 0.1) is 5.69 Å². The summed E-state index contributed by atoms with van der Waals surface area (Å²) < 4.78 is 0.912. The summed E-state index contributed by atoms with van der Waals surface area (Å²) in [6, 6.07) is 16.1. The number of thiazole rings is 1. The number of aromatic nitrogens is 1. The van der Waals surface area contributed by atoms with Gasteiger partial charge in [-0.1, -0.05) is 36.4 Å². The Morgan fingerprint density at radius 3 is 2.53 bits per heavy atom. The highest BCUT2D eigenvalue weighted by Crippen LogP contribution is 2.31. The molecule has 0 spiro atoms. The van der Waals surface area contributed by atoms with Crippen LogP contribution in [-0.2, 0) is 0 Å². The molecule has 94 valence electrons. The molecule has 3 rings (SSSR count). The van der Waals surface area contributed by atoms with Crippen LogP contribution in [0.4, 0.5) is 5.69 Å². The maximum Gasteiger partial charge on any atom is 0.124 e. The van der Waals surface area contributed by atoms with Crippen LogP contribution in [0.2, 0.25) is 0 Å². The fraction of sp³-hybridized carbons (Fsp3) is 0. The van der Waals surface area contributed by atoms with Crippen molar-refractivity contribution in [1.29, 1.82) is 0 Å². The molecule has 2 N–H and O–H groups in total. The number of nitrogen functional groups attached to an aromatic ring is 1. The molecule has 0 atom stereocenters. The van der Waals surface area contributed by atoms with E-state index >= 15 is 0 Å². The minimum Gasteiger partial charge on any atom is -0.398 e. The van der Waals surface area contributed by atoms with Crippen molar-refractivity contribution in [1.82, 2.24) is 4.98 Å². The number of nitrogens with zero attached hydrogens (tertiary/aromatic N) is 1. The summed E-state index contributed by atoms with van der Waals surface area (Å²) in [6.45, 7) is 0. The van der Waals surface area contributed by atoms with Crippen molar-refractivity contribution in [2.24, 2.45) is 0 Å². The molecule has 4 heteroatoms. The van der Waals surface area contributed by atoms with E-state index in [0.29, 0.717) is 0 Å². The first-order valence-corrected chi connectivity index (χ1v) is 7.47. The quantitative estimate of drug-likeness (QED) is 0.684. The molecular weight excluding hydrogens is 320 g/mol. The van der Waals surface area contributed by atoms with E-state index in [0.717, 1.165) is 32.0 Å². The van der Waals surface area contributed by atoms with Gasteiger partial charge in [-0.15, -0.1) is 11.3 Å². The van der Waals surface area contributed by atoms with Crippen LogP contribution < -0.4 is 5.73 Å². The minimum atomic E-state index is 0.728. The number of hydrogen-bond acceptors (Lipinski definition) is 3. The molecule has 0 radical (unpaired) electrons. The first-order chi connectivity index (χ1) is 9.24. The van der Waals surface area contributed by atoms with E-state index in [2.05, 4.69) is 38.4 Å². The molecule has 0 saturated carbocycles. The zero-order valence-corrected chi connectivity index (χ0v) is 12.4. The highest BCUT2D eigenvalue weighted by atomic mass is 79.9. The topological polar surface area (TPSA) is 38.9 Å². The van der Waals surface area contributed by atoms with Crippen molar-refractivity contribution >= 4 is 33.0 Å². The van der Waals surface area contributed by atoms with E-state index in [-0.39, 0.29) is 0 Å². The summed E-state index contributed by atoms with van der Waals surface area (Å²) in [5, 5.41) is 3.09. The summed E-state index contributed by atoms with van der Waals surface area (Å²) in [6.07, 6.45) is 0. The van der Waals surface area contributed by atoms with E-state index in [4.69, 9.17) is 5.73 Å². The zero-order chi connectivity index (χ0) is 13.2. The first-order valence-electron chi connectivity index (χ1n) is 5.80. The van der Waals surface area contributed by atoms with Crippen molar-refractivity contribution in [3.05, 3.63) is 58.4 Å². The zero-order valence-electron chi connectivity index (χ0n) is 10.0. The predicted molar refractivity (Wildman–Crippen MR) is 85.1 cm³/mol. The molecule has 1 heterocycles. The normalized spacial score (nSPS) is 10.6. The van der Waals surface area contributed by atoms with Gasteiger partial charge in [0.25, 0.3) is 0 Å². The van der Waals surface area contributed by atoms with Crippen molar-refractivity contribution < 1.29 is 0 Å². The van der Waals surface area contributed by atoms with Crippen molar-refractivity contribution in [2.45, 2.75) is 0 Å². The first kappa shape index (κ1) is 12.4. The Hall–Kier alpha value is -1.65. The third kappa shape index (κ3) is 2.55. The summed E-state index contributed by atoms with van der Waals surface area (Å²) in [5.41, 5.74) is 9.78. The molecule has 2 aromatic carbocycles. The minimum absolute atomic E-state index is 0.728. The van der Waals surface area contributed by atoms with Crippen LogP contribution in [0.1, 0.15) is 0 Å². The van der Waals surface area contributed by atoms with Gasteiger partial charge < -0.3 is 5.73 Å². The largest absolute Gasteiger partial charge is 0.398 e. The Morgan fingerprint density at radius 2 is 1.79 bits per heavy atom. The van der Waals surface area contributed by atoms with Crippen molar-refractivity contribution in [3.63, 3.8) is 0 Å². The van der Waals surface area contributed by atoms with Gasteiger partial charge in [-0.05, 0) is 28.1 Å². The Kier molecular flexibility index (Phi) is 3.36. The molecule has 2 nitrogen and oxygen atoms in total. The summed E-state index contributed by atoms with van der Waals surface area (Å²) >= 11 is 5.04. The van der Waals surface area contributed by atoms with Crippen LogP contribution in [0.25, 0.3) is 21.8 Å². The van der Waals surface area contributed by atoms with E-state index in [1.165, 1.54) is 0 Å². The van der Waals surface area contributed by atoms with Gasteiger partial charge in [-0.25, -0.2) is 4.98 Å². The Bertz CT molecular complexity index is 707. The molecular formula is C15H11BrN2S. The molecule has 0 saturated heterocycles. The Balaban J connectivity index is 1.99. The molecule has 0 fully saturated rings. The number of benzene rings is 2. The SMILES string of the molecule is Nc1cc(-c2csc(-c3ccccc3)n2)ccc1Br. The highest BCUT2D eigenvalue weighted by Gasteiger charge is 2.07. The second-order valence-electron chi connectivity index (χ2n) is 4.14. The van der Waals surface area contributed by atoms with Crippen LogP contribution in [0.3, 0.4) is 0 Å². The highest BCUT2D eigenvalue weighted by molar-refractivity contribution is 9.10. The third-order valence-electron chi connectivity index (χ3n) is 2.82. The monoisotopic (exact) mass is 330 g/mol. The van der Waals surface area contributed by atoms with Gasteiger partial charge in [-0.3, -0.25) is 0 Å². The molecule has 0 amide bonds. The van der Waals surface area contributed by atoms with E-state index < -0.39 is 0 Å². The van der Waals surface area contributed by atoms with Gasteiger partial charge in [0.15, 0.2) is 0 Å². The van der Waals surface area contributed by atoms with Crippen molar-refractivity contribution in [3.8, 4) is 21.8 Å². The summed E-state index contributed by atoms with van der Waals surface area (Å²) in [7, 11) is 0. The van der Waals surface area contributed by atoms with Crippen molar-refractivity contribution in [2.75, 3.05) is 5.73 Å². The summed E-state index contributed by atoms with van der Waals surface area (Å²) in [4.78, 5) is 4.67. The lowest BCUT2D eigenvalue weighted by molar-refractivity contribution is 1.40. The van der Waals surface area contributed by atoms with Crippen LogP contribution in [0.15, 0.2) is 58.4 Å². The lowest BCUT2D eigenvalue weighted by atomic mass is 10.1. The Morgan fingerprint density at radius 1 is 1.00 bits per heavy atom. The van der Waals surface area contributed by atoms with Crippen LogP contribution in [-0.4, -0.2) is 4.98 Å². The lowest BCUT2D eigenvalue weighted by Crippen LogP contribution is -1.87. The molecule has 0 aliphatic rings. The van der Waals surface area contributed by atoms with Crippen LogP contribution in [0, 0.1) is 0 Å². The number of hydrogen-bond donors (Lipinski definition) is 1. The van der Waals surface area contributed by atoms with Gasteiger partial charge in [0.1, 0.15) is 5.01 Å². The van der Waals surface area contributed by atoms with Gasteiger partial charge in [0.2, 0.25) is 0 Å².